The highest BCUT2D eigenvalue weighted by atomic mass is 32.2. The fraction of sp³-hybridized carbons (Fsp3) is 0.118. The van der Waals surface area contributed by atoms with Crippen molar-refractivity contribution in [2.24, 2.45) is 0 Å². The van der Waals surface area contributed by atoms with E-state index in [0.29, 0.717) is 11.3 Å². The lowest BCUT2D eigenvalue weighted by Gasteiger charge is -2.24. The number of sulfonamides is 1. The molecule has 6 heteroatoms. The number of nitrogens with zero attached hydrogens (tertiary/aromatic N) is 1. The van der Waals surface area contributed by atoms with Gasteiger partial charge in [-0.2, -0.15) is 0 Å². The SMILES string of the molecule is C=CC(c1ccc(OC)cc1)N1C(=O)c2ccccc2S1(=O)=O. The first-order valence-electron chi connectivity index (χ1n) is 6.95. The Morgan fingerprint density at radius 3 is 2.35 bits per heavy atom. The van der Waals surface area contributed by atoms with Crippen LogP contribution in [0.2, 0.25) is 0 Å². The molecule has 1 unspecified atom stereocenters. The number of carbonyl (C=O) groups excluding carboxylic acids is 1. The summed E-state index contributed by atoms with van der Waals surface area (Å²) in [6, 6.07) is 12.3. The third-order valence-electron chi connectivity index (χ3n) is 3.79. The molecule has 0 radical (unpaired) electrons. The van der Waals surface area contributed by atoms with Gasteiger partial charge in [0.1, 0.15) is 10.6 Å². The second kappa shape index (κ2) is 5.55. The first-order valence-corrected chi connectivity index (χ1v) is 8.39. The van der Waals surface area contributed by atoms with Crippen molar-refractivity contribution in [3.05, 3.63) is 72.3 Å². The number of amides is 1. The van der Waals surface area contributed by atoms with E-state index in [2.05, 4.69) is 6.58 Å². The van der Waals surface area contributed by atoms with Crippen molar-refractivity contribution in [1.82, 2.24) is 4.31 Å². The number of ether oxygens (including phenoxy) is 1. The van der Waals surface area contributed by atoms with Gasteiger partial charge >= 0.3 is 0 Å². The number of hydrogen-bond acceptors (Lipinski definition) is 4. The molecule has 2 aromatic rings. The fourth-order valence-electron chi connectivity index (χ4n) is 2.65. The van der Waals surface area contributed by atoms with E-state index in [0.717, 1.165) is 4.31 Å². The zero-order chi connectivity index (χ0) is 16.6. The first kappa shape index (κ1) is 15.3. The van der Waals surface area contributed by atoms with Gasteiger partial charge in [0.2, 0.25) is 0 Å². The predicted octanol–water partition coefficient (Wildman–Crippen LogP) is 2.77. The van der Waals surface area contributed by atoms with Crippen LogP contribution < -0.4 is 4.74 Å². The Bertz CT molecular complexity index is 872. The average Bonchev–Trinajstić information content (AvgIpc) is 2.78. The number of methoxy groups -OCH3 is 1. The van der Waals surface area contributed by atoms with Crippen LogP contribution >= 0.6 is 0 Å². The van der Waals surface area contributed by atoms with Crippen LogP contribution in [0.4, 0.5) is 0 Å². The van der Waals surface area contributed by atoms with Gasteiger partial charge < -0.3 is 4.74 Å². The van der Waals surface area contributed by atoms with Gasteiger partial charge in [0, 0.05) is 0 Å². The Hall–Kier alpha value is -2.60. The lowest BCUT2D eigenvalue weighted by atomic mass is 10.1. The van der Waals surface area contributed by atoms with Crippen LogP contribution in [-0.2, 0) is 10.0 Å². The van der Waals surface area contributed by atoms with Crippen LogP contribution in [0, 0.1) is 0 Å². The lowest BCUT2D eigenvalue weighted by molar-refractivity contribution is 0.0849. The van der Waals surface area contributed by atoms with Gasteiger partial charge in [-0.3, -0.25) is 4.79 Å². The van der Waals surface area contributed by atoms with Gasteiger partial charge in [0.15, 0.2) is 0 Å². The van der Waals surface area contributed by atoms with Crippen molar-refractivity contribution >= 4 is 15.9 Å². The molecule has 1 aliphatic heterocycles. The molecule has 1 atom stereocenters. The number of carbonyl (C=O) groups is 1. The lowest BCUT2D eigenvalue weighted by Crippen LogP contribution is -2.33. The molecule has 1 aliphatic rings. The molecule has 0 saturated carbocycles. The monoisotopic (exact) mass is 329 g/mol. The molecular formula is C17H15NO4S. The molecular weight excluding hydrogens is 314 g/mol. The minimum atomic E-state index is -3.89. The number of hydrogen-bond donors (Lipinski definition) is 0. The molecule has 23 heavy (non-hydrogen) atoms. The van der Waals surface area contributed by atoms with Gasteiger partial charge in [-0.25, -0.2) is 12.7 Å². The molecule has 0 aliphatic carbocycles. The third-order valence-corrected chi connectivity index (χ3v) is 5.61. The highest BCUT2D eigenvalue weighted by molar-refractivity contribution is 7.90. The standard InChI is InChI=1S/C17H15NO4S/c1-3-15(12-8-10-13(22-2)11-9-12)18-17(19)14-6-4-5-7-16(14)23(18,20)21/h3-11,15H,1H2,2H3. The van der Waals surface area contributed by atoms with E-state index >= 15 is 0 Å². The topological polar surface area (TPSA) is 63.7 Å². The van der Waals surface area contributed by atoms with Crippen LogP contribution in [0.25, 0.3) is 0 Å². The Labute approximate surface area is 134 Å². The second-order valence-electron chi connectivity index (χ2n) is 5.06. The summed E-state index contributed by atoms with van der Waals surface area (Å²) in [6.45, 7) is 3.70. The fourth-order valence-corrected chi connectivity index (χ4v) is 4.37. The first-order chi connectivity index (χ1) is 11.0. The minimum Gasteiger partial charge on any atom is -0.497 e. The van der Waals surface area contributed by atoms with E-state index < -0.39 is 22.0 Å². The van der Waals surface area contributed by atoms with Crippen LogP contribution in [0.5, 0.6) is 5.75 Å². The second-order valence-corrected chi connectivity index (χ2v) is 6.84. The zero-order valence-corrected chi connectivity index (χ0v) is 13.3. The summed E-state index contributed by atoms with van der Waals surface area (Å²) < 4.78 is 31.4. The highest BCUT2D eigenvalue weighted by Crippen LogP contribution is 2.37. The summed E-state index contributed by atoms with van der Waals surface area (Å²) in [5, 5.41) is 0. The molecule has 1 amide bonds. The maximum absolute atomic E-state index is 12.7. The molecule has 0 aromatic heterocycles. The molecule has 1 heterocycles. The van der Waals surface area contributed by atoms with Crippen molar-refractivity contribution in [2.45, 2.75) is 10.9 Å². The van der Waals surface area contributed by atoms with Crippen LogP contribution in [-0.4, -0.2) is 25.7 Å². The Balaban J connectivity index is 2.09. The molecule has 3 rings (SSSR count). The number of rotatable bonds is 4. The van der Waals surface area contributed by atoms with Gasteiger partial charge in [-0.1, -0.05) is 30.3 Å². The molecule has 0 spiro atoms. The molecule has 0 bridgehead atoms. The maximum atomic E-state index is 12.7. The summed E-state index contributed by atoms with van der Waals surface area (Å²) in [5.41, 5.74) is 0.832. The maximum Gasteiger partial charge on any atom is 0.269 e. The van der Waals surface area contributed by atoms with Gasteiger partial charge in [-0.05, 0) is 29.8 Å². The number of fused-ring (bicyclic) bond motifs is 1. The van der Waals surface area contributed by atoms with E-state index in [9.17, 15) is 13.2 Å². The summed E-state index contributed by atoms with van der Waals surface area (Å²) >= 11 is 0. The van der Waals surface area contributed by atoms with Crippen LogP contribution in [0.1, 0.15) is 22.0 Å². The average molecular weight is 329 g/mol. The third kappa shape index (κ3) is 2.31. The van der Waals surface area contributed by atoms with E-state index in [1.165, 1.54) is 18.2 Å². The van der Waals surface area contributed by atoms with Gasteiger partial charge in [0.25, 0.3) is 15.9 Å². The van der Waals surface area contributed by atoms with Crippen molar-refractivity contribution in [3.8, 4) is 5.75 Å². The Kier molecular flexibility index (Phi) is 3.69. The van der Waals surface area contributed by atoms with Crippen molar-refractivity contribution in [2.75, 3.05) is 7.11 Å². The quantitative estimate of drug-likeness (QED) is 0.809. The van der Waals surface area contributed by atoms with Crippen LogP contribution in [0.3, 0.4) is 0 Å². The van der Waals surface area contributed by atoms with Gasteiger partial charge in [-0.15, -0.1) is 6.58 Å². The van der Waals surface area contributed by atoms with E-state index in [-0.39, 0.29) is 10.5 Å². The Morgan fingerprint density at radius 1 is 1.13 bits per heavy atom. The van der Waals surface area contributed by atoms with Gasteiger partial charge in [0.05, 0.1) is 18.7 Å². The Morgan fingerprint density at radius 2 is 1.78 bits per heavy atom. The summed E-state index contributed by atoms with van der Waals surface area (Å²) in [6.07, 6.45) is 1.45. The minimum absolute atomic E-state index is 0.0327. The molecule has 0 fully saturated rings. The van der Waals surface area contributed by atoms with E-state index in [4.69, 9.17) is 4.74 Å². The van der Waals surface area contributed by atoms with E-state index in [1.807, 2.05) is 0 Å². The summed E-state index contributed by atoms with van der Waals surface area (Å²) in [4.78, 5) is 12.6. The summed E-state index contributed by atoms with van der Waals surface area (Å²) in [7, 11) is -2.34. The largest absolute Gasteiger partial charge is 0.497 e. The van der Waals surface area contributed by atoms with Crippen molar-refractivity contribution < 1.29 is 17.9 Å². The van der Waals surface area contributed by atoms with Crippen molar-refractivity contribution in [3.63, 3.8) is 0 Å². The van der Waals surface area contributed by atoms with E-state index in [1.54, 1.807) is 43.5 Å². The highest BCUT2D eigenvalue weighted by Gasteiger charge is 2.44. The molecule has 5 nitrogen and oxygen atoms in total. The van der Waals surface area contributed by atoms with Crippen molar-refractivity contribution in [1.29, 1.82) is 0 Å². The number of benzene rings is 2. The summed E-state index contributed by atoms with van der Waals surface area (Å²) in [5.74, 6) is 0.108. The zero-order valence-electron chi connectivity index (χ0n) is 12.5. The smallest absolute Gasteiger partial charge is 0.269 e. The predicted molar refractivity (Wildman–Crippen MR) is 85.7 cm³/mol. The normalized spacial score (nSPS) is 16.7. The molecule has 0 N–H and O–H groups in total. The molecule has 118 valence electrons. The molecule has 0 saturated heterocycles. The van der Waals surface area contributed by atoms with Crippen LogP contribution in [0.15, 0.2) is 66.1 Å². The molecule has 2 aromatic carbocycles.